The van der Waals surface area contributed by atoms with Crippen molar-refractivity contribution in [3.05, 3.63) is 95.1 Å². The molecule has 0 aliphatic heterocycles. The lowest BCUT2D eigenvalue weighted by Gasteiger charge is -2.20. The molecule has 3 N–H and O–H groups in total. The predicted molar refractivity (Wildman–Crippen MR) is 118 cm³/mol. The van der Waals surface area contributed by atoms with E-state index in [0.717, 1.165) is 11.5 Å². The molecule has 8 heteroatoms. The third-order valence-corrected chi connectivity index (χ3v) is 6.80. The van der Waals surface area contributed by atoms with Crippen molar-refractivity contribution in [2.75, 3.05) is 4.72 Å². The number of sulfonamides is 1. The van der Waals surface area contributed by atoms with Crippen molar-refractivity contribution < 1.29 is 28.2 Å². The number of anilines is 1. The summed E-state index contributed by atoms with van der Waals surface area (Å²) in [4.78, 5) is 25.7. The Morgan fingerprint density at radius 3 is 2.00 bits per heavy atom. The molecule has 0 saturated carbocycles. The van der Waals surface area contributed by atoms with Crippen LogP contribution in [0.3, 0.4) is 0 Å². The fourth-order valence-electron chi connectivity index (χ4n) is 3.84. The zero-order valence-corrected chi connectivity index (χ0v) is 17.2. The molecular weight excluding hydrogens is 430 g/mol. The molecule has 0 saturated heterocycles. The molecule has 0 atom stereocenters. The van der Waals surface area contributed by atoms with E-state index in [1.807, 2.05) is 12.1 Å². The number of phenolic OH excluding ortho intramolecular Hbond substituents is 2. The summed E-state index contributed by atoms with van der Waals surface area (Å²) in [5, 5.41) is 22.5. The van der Waals surface area contributed by atoms with Crippen molar-refractivity contribution in [3.63, 3.8) is 0 Å². The Morgan fingerprint density at radius 2 is 1.28 bits per heavy atom. The van der Waals surface area contributed by atoms with Crippen LogP contribution >= 0.6 is 0 Å². The van der Waals surface area contributed by atoms with Crippen LogP contribution in [0.5, 0.6) is 11.5 Å². The van der Waals surface area contributed by atoms with Crippen LogP contribution in [-0.4, -0.2) is 30.2 Å². The van der Waals surface area contributed by atoms with Gasteiger partial charge in [-0.2, -0.15) is 0 Å². The molecule has 0 radical (unpaired) electrons. The van der Waals surface area contributed by atoms with Gasteiger partial charge in [-0.1, -0.05) is 54.6 Å². The van der Waals surface area contributed by atoms with Gasteiger partial charge in [-0.05, 0) is 29.0 Å². The maximum atomic E-state index is 13.0. The van der Waals surface area contributed by atoms with E-state index in [9.17, 15) is 28.2 Å². The van der Waals surface area contributed by atoms with Gasteiger partial charge >= 0.3 is 0 Å². The summed E-state index contributed by atoms with van der Waals surface area (Å²) < 4.78 is 28.1. The highest BCUT2D eigenvalue weighted by Crippen LogP contribution is 2.43. The molecule has 0 aromatic heterocycles. The van der Waals surface area contributed by atoms with Gasteiger partial charge in [-0.15, -0.1) is 0 Å². The number of phenols is 2. The third kappa shape index (κ3) is 2.92. The monoisotopic (exact) mass is 445 g/mol. The highest BCUT2D eigenvalue weighted by Gasteiger charge is 2.35. The van der Waals surface area contributed by atoms with Crippen LogP contribution < -0.4 is 4.72 Å². The summed E-state index contributed by atoms with van der Waals surface area (Å²) in [6.45, 7) is 0. The predicted octanol–water partition coefficient (Wildman–Crippen LogP) is 3.83. The Hall–Kier alpha value is -4.17. The molecule has 32 heavy (non-hydrogen) atoms. The third-order valence-electron chi connectivity index (χ3n) is 5.44. The second kappa shape index (κ2) is 6.93. The van der Waals surface area contributed by atoms with E-state index in [4.69, 9.17) is 0 Å². The van der Waals surface area contributed by atoms with Gasteiger partial charge in [-0.3, -0.25) is 14.3 Å². The molecule has 0 spiro atoms. The number of nitrogens with one attached hydrogen (secondary N) is 1. The van der Waals surface area contributed by atoms with Gasteiger partial charge < -0.3 is 10.2 Å². The summed E-state index contributed by atoms with van der Waals surface area (Å²) >= 11 is 0. The summed E-state index contributed by atoms with van der Waals surface area (Å²) in [7, 11) is -4.18. The van der Waals surface area contributed by atoms with Gasteiger partial charge in [0, 0.05) is 16.7 Å². The lowest BCUT2D eigenvalue weighted by Crippen LogP contribution is -2.22. The fraction of sp³-hybridized carbons (Fsp3) is 0. The highest BCUT2D eigenvalue weighted by atomic mass is 32.2. The van der Waals surface area contributed by atoms with Crippen molar-refractivity contribution in [2.45, 2.75) is 4.90 Å². The van der Waals surface area contributed by atoms with Gasteiger partial charge in [0.15, 0.2) is 23.1 Å². The maximum Gasteiger partial charge on any atom is 0.262 e. The van der Waals surface area contributed by atoms with Gasteiger partial charge in [-0.25, -0.2) is 8.42 Å². The topological polar surface area (TPSA) is 121 Å². The number of aromatic hydroxyl groups is 2. The Morgan fingerprint density at radius 1 is 0.656 bits per heavy atom. The molecular formula is C24H15NO6S. The lowest BCUT2D eigenvalue weighted by molar-refractivity contribution is 0.0976. The number of hydrogen-bond donors (Lipinski definition) is 3. The minimum atomic E-state index is -4.18. The van der Waals surface area contributed by atoms with Crippen LogP contribution in [0.15, 0.2) is 77.7 Å². The summed E-state index contributed by atoms with van der Waals surface area (Å²) in [5.41, 5.74) is -0.724. The Bertz CT molecular complexity index is 1570. The first-order chi connectivity index (χ1) is 15.3. The van der Waals surface area contributed by atoms with Gasteiger partial charge in [0.2, 0.25) is 0 Å². The molecule has 0 amide bonds. The van der Waals surface area contributed by atoms with Gasteiger partial charge in [0.25, 0.3) is 10.0 Å². The van der Waals surface area contributed by atoms with E-state index in [1.54, 1.807) is 30.3 Å². The molecule has 4 aromatic carbocycles. The number of rotatable bonds is 3. The second-order valence-corrected chi connectivity index (χ2v) is 9.04. The minimum Gasteiger partial charge on any atom is -0.504 e. The zero-order valence-electron chi connectivity index (χ0n) is 16.4. The maximum absolute atomic E-state index is 13.0. The van der Waals surface area contributed by atoms with Crippen molar-refractivity contribution in [1.29, 1.82) is 0 Å². The van der Waals surface area contributed by atoms with Crippen LogP contribution in [0.1, 0.15) is 31.8 Å². The van der Waals surface area contributed by atoms with Crippen molar-refractivity contribution >= 4 is 38.0 Å². The SMILES string of the molecule is O=C1c2ccccc2C(=O)c2c1cc(NS(=O)(=O)c1ccc3ccccc3c1)c(O)c2O. The average molecular weight is 445 g/mol. The Balaban J connectivity index is 1.61. The molecule has 158 valence electrons. The molecule has 0 bridgehead atoms. The first kappa shape index (κ1) is 19.8. The number of hydrogen-bond acceptors (Lipinski definition) is 6. The smallest absolute Gasteiger partial charge is 0.262 e. The standard InChI is InChI=1S/C24H15NO6S/c26-21-16-7-3-4-8-17(16)22(27)20-18(21)12-19(23(28)24(20)29)25-32(30,31)15-10-9-13-5-1-2-6-14(13)11-15/h1-12,25,28-29H. The molecule has 0 fully saturated rings. The van der Waals surface area contributed by atoms with Crippen LogP contribution in [-0.2, 0) is 10.0 Å². The summed E-state index contributed by atoms with van der Waals surface area (Å²) in [6, 6.07) is 18.9. The first-order valence-electron chi connectivity index (χ1n) is 9.57. The molecule has 7 nitrogen and oxygen atoms in total. The minimum absolute atomic E-state index is 0.0689. The van der Waals surface area contributed by atoms with Gasteiger partial charge in [0.1, 0.15) is 0 Å². The molecule has 0 heterocycles. The van der Waals surface area contributed by atoms with Crippen LogP contribution in [0.25, 0.3) is 10.8 Å². The lowest BCUT2D eigenvalue weighted by atomic mass is 9.83. The Kier molecular flexibility index (Phi) is 4.28. The van der Waals surface area contributed by atoms with Crippen LogP contribution in [0.4, 0.5) is 5.69 Å². The molecule has 5 rings (SSSR count). The number of carbonyl (C=O) groups is 2. The van der Waals surface area contributed by atoms with E-state index in [2.05, 4.69) is 4.72 Å². The van der Waals surface area contributed by atoms with E-state index in [1.165, 1.54) is 24.3 Å². The number of benzene rings is 4. The zero-order chi connectivity index (χ0) is 22.6. The highest BCUT2D eigenvalue weighted by molar-refractivity contribution is 7.92. The Labute approximate surface area is 182 Å². The summed E-state index contributed by atoms with van der Waals surface area (Å²) in [5.74, 6) is -2.89. The second-order valence-electron chi connectivity index (χ2n) is 7.36. The summed E-state index contributed by atoms with van der Waals surface area (Å²) in [6.07, 6.45) is 0. The van der Waals surface area contributed by atoms with Crippen molar-refractivity contribution in [1.82, 2.24) is 0 Å². The van der Waals surface area contributed by atoms with Crippen molar-refractivity contribution in [2.24, 2.45) is 0 Å². The number of ketones is 2. The van der Waals surface area contributed by atoms with E-state index in [-0.39, 0.29) is 27.1 Å². The number of fused-ring (bicyclic) bond motifs is 3. The normalized spacial score (nSPS) is 13.0. The van der Waals surface area contributed by atoms with Crippen LogP contribution in [0.2, 0.25) is 0 Å². The molecule has 1 aliphatic carbocycles. The molecule has 4 aromatic rings. The molecule has 0 unspecified atom stereocenters. The largest absolute Gasteiger partial charge is 0.504 e. The van der Waals surface area contributed by atoms with Crippen LogP contribution in [0, 0.1) is 0 Å². The van der Waals surface area contributed by atoms with Crippen molar-refractivity contribution in [3.8, 4) is 11.5 Å². The molecule has 1 aliphatic rings. The van der Waals surface area contributed by atoms with Gasteiger partial charge in [0.05, 0.1) is 16.1 Å². The fourth-order valence-corrected chi connectivity index (χ4v) is 4.93. The first-order valence-corrected chi connectivity index (χ1v) is 11.1. The van der Waals surface area contributed by atoms with E-state index < -0.39 is 38.8 Å². The average Bonchev–Trinajstić information content (AvgIpc) is 2.80. The number of carbonyl (C=O) groups excluding carboxylic acids is 2. The quantitative estimate of drug-likeness (QED) is 0.363. The van der Waals surface area contributed by atoms with E-state index >= 15 is 0 Å². The van der Waals surface area contributed by atoms with E-state index in [0.29, 0.717) is 5.39 Å².